The zero-order valence-corrected chi connectivity index (χ0v) is 7.37. The standard InChI is InChI=1S/C8H11F2N3O/c9-8(10)4-2-13-6(1-11)7(12)5(4)3-14/h2,8,14H,1,3,11-12H2. The van der Waals surface area contributed by atoms with Crippen LogP contribution in [0, 0.1) is 0 Å². The van der Waals surface area contributed by atoms with Gasteiger partial charge in [0.25, 0.3) is 6.43 Å². The second-order valence-electron chi connectivity index (χ2n) is 2.72. The van der Waals surface area contributed by atoms with Crippen LogP contribution < -0.4 is 11.5 Å². The van der Waals surface area contributed by atoms with Gasteiger partial charge in [-0.2, -0.15) is 0 Å². The van der Waals surface area contributed by atoms with Gasteiger partial charge in [0, 0.05) is 23.9 Å². The first-order chi connectivity index (χ1) is 6.61. The van der Waals surface area contributed by atoms with Crippen molar-refractivity contribution in [3.63, 3.8) is 0 Å². The van der Waals surface area contributed by atoms with Crippen LogP contribution in [0.15, 0.2) is 6.20 Å². The SMILES string of the molecule is NCc1ncc(C(F)F)c(CO)c1N. The molecule has 0 aliphatic carbocycles. The van der Waals surface area contributed by atoms with E-state index in [1.54, 1.807) is 0 Å². The summed E-state index contributed by atoms with van der Waals surface area (Å²) in [6, 6.07) is 0. The number of pyridine rings is 1. The fraction of sp³-hybridized carbons (Fsp3) is 0.375. The van der Waals surface area contributed by atoms with Crippen molar-refractivity contribution in [3.8, 4) is 0 Å². The molecule has 0 amide bonds. The maximum atomic E-state index is 12.4. The average Bonchev–Trinajstić information content (AvgIpc) is 2.17. The summed E-state index contributed by atoms with van der Waals surface area (Å²) < 4.78 is 24.8. The van der Waals surface area contributed by atoms with E-state index in [1.807, 2.05) is 0 Å². The van der Waals surface area contributed by atoms with Gasteiger partial charge in [-0.1, -0.05) is 0 Å². The van der Waals surface area contributed by atoms with Crippen LogP contribution in [-0.4, -0.2) is 10.1 Å². The molecular formula is C8H11F2N3O. The lowest BCUT2D eigenvalue weighted by Gasteiger charge is -2.11. The molecule has 0 bridgehead atoms. The van der Waals surface area contributed by atoms with E-state index in [0.717, 1.165) is 6.20 Å². The summed E-state index contributed by atoms with van der Waals surface area (Å²) in [5.74, 6) is 0. The molecule has 0 spiro atoms. The molecule has 4 nitrogen and oxygen atoms in total. The Kier molecular flexibility index (Phi) is 3.32. The minimum absolute atomic E-state index is 0.00968. The van der Waals surface area contributed by atoms with Crippen LogP contribution in [-0.2, 0) is 13.2 Å². The normalized spacial score (nSPS) is 10.9. The third-order valence-electron chi connectivity index (χ3n) is 1.93. The largest absolute Gasteiger partial charge is 0.397 e. The number of anilines is 1. The quantitative estimate of drug-likeness (QED) is 0.669. The molecule has 0 aromatic carbocycles. The highest BCUT2D eigenvalue weighted by molar-refractivity contribution is 5.53. The van der Waals surface area contributed by atoms with Gasteiger partial charge in [0.1, 0.15) is 0 Å². The van der Waals surface area contributed by atoms with E-state index in [9.17, 15) is 8.78 Å². The summed E-state index contributed by atoms with van der Waals surface area (Å²) >= 11 is 0. The van der Waals surface area contributed by atoms with Gasteiger partial charge in [-0.3, -0.25) is 4.98 Å². The van der Waals surface area contributed by atoms with Crippen LogP contribution in [0.3, 0.4) is 0 Å². The summed E-state index contributed by atoms with van der Waals surface area (Å²) in [4.78, 5) is 3.69. The van der Waals surface area contributed by atoms with E-state index in [1.165, 1.54) is 0 Å². The van der Waals surface area contributed by atoms with E-state index >= 15 is 0 Å². The number of alkyl halides is 2. The molecule has 78 valence electrons. The number of rotatable bonds is 3. The summed E-state index contributed by atoms with van der Waals surface area (Å²) in [6.07, 6.45) is -1.70. The fourth-order valence-corrected chi connectivity index (χ4v) is 1.15. The lowest BCUT2D eigenvalue weighted by atomic mass is 10.1. The minimum atomic E-state index is -2.70. The number of nitrogen functional groups attached to an aromatic ring is 1. The van der Waals surface area contributed by atoms with Gasteiger partial charge < -0.3 is 16.6 Å². The topological polar surface area (TPSA) is 85.2 Å². The number of aliphatic hydroxyl groups excluding tert-OH is 1. The highest BCUT2D eigenvalue weighted by atomic mass is 19.3. The smallest absolute Gasteiger partial charge is 0.265 e. The lowest BCUT2D eigenvalue weighted by Crippen LogP contribution is -2.10. The molecule has 1 aromatic rings. The van der Waals surface area contributed by atoms with Crippen LogP contribution >= 0.6 is 0 Å². The first kappa shape index (κ1) is 10.8. The molecule has 14 heavy (non-hydrogen) atoms. The Bertz CT molecular complexity index is 331. The van der Waals surface area contributed by atoms with Gasteiger partial charge in [-0.05, 0) is 0 Å². The third-order valence-corrected chi connectivity index (χ3v) is 1.93. The minimum Gasteiger partial charge on any atom is -0.397 e. The monoisotopic (exact) mass is 203 g/mol. The Balaban J connectivity index is 3.28. The molecule has 0 atom stereocenters. The van der Waals surface area contributed by atoms with Gasteiger partial charge in [0.05, 0.1) is 18.0 Å². The van der Waals surface area contributed by atoms with Crippen LogP contribution in [0.25, 0.3) is 0 Å². The molecule has 0 aliphatic rings. The number of nitrogens with zero attached hydrogens (tertiary/aromatic N) is 1. The summed E-state index contributed by atoms with van der Waals surface area (Å²) in [7, 11) is 0. The second-order valence-corrected chi connectivity index (χ2v) is 2.72. The number of aliphatic hydroxyl groups is 1. The summed E-state index contributed by atoms with van der Waals surface area (Å²) in [5, 5.41) is 8.89. The molecule has 0 unspecified atom stereocenters. The molecule has 0 saturated heterocycles. The number of aromatic nitrogens is 1. The predicted molar refractivity (Wildman–Crippen MR) is 47.4 cm³/mol. The van der Waals surface area contributed by atoms with Gasteiger partial charge in [0.2, 0.25) is 0 Å². The van der Waals surface area contributed by atoms with Crippen molar-refractivity contribution >= 4 is 5.69 Å². The Hall–Kier alpha value is -1.27. The molecule has 5 N–H and O–H groups in total. The van der Waals surface area contributed by atoms with E-state index < -0.39 is 13.0 Å². The molecule has 1 aromatic heterocycles. The number of hydrogen-bond donors (Lipinski definition) is 3. The Morgan fingerprint density at radius 1 is 1.50 bits per heavy atom. The molecule has 6 heteroatoms. The molecule has 0 aliphatic heterocycles. The molecule has 0 saturated carbocycles. The van der Waals surface area contributed by atoms with Crippen molar-refractivity contribution in [3.05, 3.63) is 23.0 Å². The maximum absolute atomic E-state index is 12.4. The molecule has 1 heterocycles. The zero-order chi connectivity index (χ0) is 10.7. The maximum Gasteiger partial charge on any atom is 0.265 e. The van der Waals surface area contributed by atoms with E-state index in [2.05, 4.69) is 4.98 Å². The van der Waals surface area contributed by atoms with Gasteiger partial charge >= 0.3 is 0 Å². The average molecular weight is 203 g/mol. The van der Waals surface area contributed by atoms with Crippen molar-refractivity contribution in [1.29, 1.82) is 0 Å². The van der Waals surface area contributed by atoms with Gasteiger partial charge in [-0.25, -0.2) is 8.78 Å². The van der Waals surface area contributed by atoms with Crippen LogP contribution in [0.4, 0.5) is 14.5 Å². The van der Waals surface area contributed by atoms with Crippen molar-refractivity contribution in [1.82, 2.24) is 4.98 Å². The fourth-order valence-electron chi connectivity index (χ4n) is 1.15. The number of hydrogen-bond acceptors (Lipinski definition) is 4. The van der Waals surface area contributed by atoms with Crippen molar-refractivity contribution < 1.29 is 13.9 Å². The highest BCUT2D eigenvalue weighted by Gasteiger charge is 2.17. The number of halogens is 2. The van der Waals surface area contributed by atoms with Crippen molar-refractivity contribution in [2.75, 3.05) is 5.73 Å². The highest BCUT2D eigenvalue weighted by Crippen LogP contribution is 2.27. The van der Waals surface area contributed by atoms with Crippen LogP contribution in [0.5, 0.6) is 0 Å². The first-order valence-corrected chi connectivity index (χ1v) is 3.97. The van der Waals surface area contributed by atoms with E-state index in [4.69, 9.17) is 16.6 Å². The summed E-state index contributed by atoms with van der Waals surface area (Å²) in [5.41, 5.74) is 10.8. The van der Waals surface area contributed by atoms with Crippen LogP contribution in [0.1, 0.15) is 23.2 Å². The van der Waals surface area contributed by atoms with Crippen LogP contribution in [0.2, 0.25) is 0 Å². The Morgan fingerprint density at radius 2 is 2.14 bits per heavy atom. The molecule has 0 radical (unpaired) electrons. The summed E-state index contributed by atoms with van der Waals surface area (Å²) in [6.45, 7) is -0.483. The second kappa shape index (κ2) is 4.30. The Labute approximate surface area is 79.6 Å². The number of nitrogens with two attached hydrogens (primary N) is 2. The third kappa shape index (κ3) is 1.80. The molecule has 1 rings (SSSR count). The van der Waals surface area contributed by atoms with Gasteiger partial charge in [-0.15, -0.1) is 0 Å². The molecular weight excluding hydrogens is 192 g/mol. The molecule has 0 fully saturated rings. The van der Waals surface area contributed by atoms with Gasteiger partial charge in [0.15, 0.2) is 0 Å². The van der Waals surface area contributed by atoms with Crippen molar-refractivity contribution in [2.45, 2.75) is 19.6 Å². The van der Waals surface area contributed by atoms with Crippen molar-refractivity contribution in [2.24, 2.45) is 5.73 Å². The van der Waals surface area contributed by atoms with E-state index in [0.29, 0.717) is 5.69 Å². The zero-order valence-electron chi connectivity index (χ0n) is 7.37. The first-order valence-electron chi connectivity index (χ1n) is 3.97. The Morgan fingerprint density at radius 3 is 2.57 bits per heavy atom. The lowest BCUT2D eigenvalue weighted by molar-refractivity contribution is 0.146. The van der Waals surface area contributed by atoms with E-state index in [-0.39, 0.29) is 23.4 Å². The predicted octanol–water partition coefficient (Wildman–Crippen LogP) is 0.552.